The molecule has 0 fully saturated rings. The fraction of sp³-hybridized carbons (Fsp3) is 0.957. The van der Waals surface area contributed by atoms with E-state index in [0.29, 0.717) is 25.7 Å². The maximum Gasteiger partial charge on any atom is 0.472 e. The van der Waals surface area contributed by atoms with Crippen LogP contribution in [0.5, 0.6) is 0 Å². The lowest BCUT2D eigenvalue weighted by Crippen LogP contribution is -2.30. The van der Waals surface area contributed by atoms with Crippen molar-refractivity contribution >= 4 is 39.5 Å². The van der Waals surface area contributed by atoms with Crippen LogP contribution in [0.3, 0.4) is 0 Å². The topological polar surface area (TPSA) is 237 Å². The number of esters is 4. The lowest BCUT2D eigenvalue weighted by atomic mass is 9.99. The zero-order chi connectivity index (χ0) is 81.3. The molecule has 19 heteroatoms. The van der Waals surface area contributed by atoms with Crippen molar-refractivity contribution in [1.82, 2.24) is 0 Å². The first-order valence-corrected chi connectivity index (χ1v) is 50.5. The first-order chi connectivity index (χ1) is 53.9. The second-order valence-corrected chi connectivity index (χ2v) is 36.7. The molecule has 3 N–H and O–H groups in total. The van der Waals surface area contributed by atoms with Crippen molar-refractivity contribution in [3.8, 4) is 0 Å². The van der Waals surface area contributed by atoms with Crippen LogP contribution in [0.25, 0.3) is 0 Å². The summed E-state index contributed by atoms with van der Waals surface area (Å²) in [7, 11) is -9.94. The standard InChI is InChI=1S/C92H180O17P2/c1-7-10-12-14-16-18-20-22-24-26-28-30-31-33-35-37-42-46-50-58-64-70-76-91(96)108-87(80-102-89(94)74-68-62-56-49-45-41-36-34-32-29-27-25-23-21-19-17-15-13-11-8-2)82-106-110(98,99)104-78-86(93)79-105-111(100,101)107-83-88(81-103-90(95)75-69-63-57-53-52-55-61-67-73-85(6)9-3)109-92(97)77-71-65-59-51-47-43-39-38-40-44-48-54-60-66-72-84(4)5/h84-88,93H,7-83H2,1-6H3,(H,98,99)(H,100,101)/t85?,86-,87-,88-/m1/s1. The van der Waals surface area contributed by atoms with Gasteiger partial charge in [0.2, 0.25) is 0 Å². The Kier molecular flexibility index (Phi) is 81.7. The second kappa shape index (κ2) is 83.1. The first kappa shape index (κ1) is 109. The second-order valence-electron chi connectivity index (χ2n) is 33.8. The van der Waals surface area contributed by atoms with Crippen molar-refractivity contribution < 1.29 is 80.2 Å². The predicted molar refractivity (Wildman–Crippen MR) is 460 cm³/mol. The third-order valence-electron chi connectivity index (χ3n) is 22.1. The Morgan fingerprint density at radius 3 is 0.685 bits per heavy atom. The molecule has 3 unspecified atom stereocenters. The monoisotopic (exact) mass is 1620 g/mol. The number of carbonyl (C=O) groups excluding carboxylic acids is 4. The van der Waals surface area contributed by atoms with Crippen molar-refractivity contribution in [2.75, 3.05) is 39.6 Å². The fourth-order valence-electron chi connectivity index (χ4n) is 14.4. The fourth-order valence-corrected chi connectivity index (χ4v) is 16.0. The van der Waals surface area contributed by atoms with Crippen LogP contribution in [0.15, 0.2) is 0 Å². The number of rotatable bonds is 91. The maximum absolute atomic E-state index is 13.2. The van der Waals surface area contributed by atoms with Gasteiger partial charge in [-0.2, -0.15) is 0 Å². The van der Waals surface area contributed by atoms with Crippen LogP contribution in [-0.4, -0.2) is 96.7 Å². The molecule has 0 aromatic rings. The van der Waals surface area contributed by atoms with Crippen molar-refractivity contribution in [3.63, 3.8) is 0 Å². The molecule has 0 amide bonds. The summed E-state index contributed by atoms with van der Waals surface area (Å²) in [6, 6.07) is 0. The molecule has 0 aliphatic heterocycles. The Morgan fingerprint density at radius 2 is 0.459 bits per heavy atom. The molecule has 0 aliphatic carbocycles. The molecular weight excluding hydrogens is 1440 g/mol. The molecule has 111 heavy (non-hydrogen) atoms. The SMILES string of the molecule is CCCCCCCCCCCCCCCCCCCCCCCCC(=O)O[C@H](COC(=O)CCCCCCCCCCCCCCCCCCCCCC)COP(=O)(O)OC[C@@H](O)COP(=O)(O)OC[C@@H](COC(=O)CCCCCCCCCCC(C)CC)OC(=O)CCCCCCCCCCCCCCCCC(C)C. The van der Waals surface area contributed by atoms with E-state index in [2.05, 4.69) is 41.5 Å². The van der Waals surface area contributed by atoms with Gasteiger partial charge in [-0.1, -0.05) is 446 Å². The van der Waals surface area contributed by atoms with Gasteiger partial charge in [0, 0.05) is 25.7 Å². The van der Waals surface area contributed by atoms with E-state index in [4.69, 9.17) is 37.0 Å². The predicted octanol–water partition coefficient (Wildman–Crippen LogP) is 28.6. The summed E-state index contributed by atoms with van der Waals surface area (Å²) in [5.41, 5.74) is 0. The molecular formula is C92H180O17P2. The molecule has 0 saturated heterocycles. The summed E-state index contributed by atoms with van der Waals surface area (Å²) < 4.78 is 69.1. The summed E-state index contributed by atoms with van der Waals surface area (Å²) in [6.45, 7) is 9.73. The van der Waals surface area contributed by atoms with Crippen LogP contribution < -0.4 is 0 Å². The van der Waals surface area contributed by atoms with Gasteiger partial charge in [-0.15, -0.1) is 0 Å². The molecule has 660 valence electrons. The molecule has 0 heterocycles. The van der Waals surface area contributed by atoms with Crippen LogP contribution in [0.2, 0.25) is 0 Å². The normalized spacial score (nSPS) is 14.0. The average Bonchev–Trinajstić information content (AvgIpc) is 0.905. The molecule has 0 aromatic heterocycles. The minimum Gasteiger partial charge on any atom is -0.462 e. The number of carbonyl (C=O) groups is 4. The highest BCUT2D eigenvalue weighted by atomic mass is 31.2. The molecule has 0 radical (unpaired) electrons. The average molecular weight is 1620 g/mol. The zero-order valence-electron chi connectivity index (χ0n) is 73.3. The third-order valence-corrected chi connectivity index (χ3v) is 24.0. The van der Waals surface area contributed by atoms with E-state index in [1.165, 1.54) is 315 Å². The number of ether oxygens (including phenoxy) is 4. The van der Waals surface area contributed by atoms with E-state index in [9.17, 15) is 43.2 Å². The van der Waals surface area contributed by atoms with Gasteiger partial charge < -0.3 is 33.8 Å². The quantitative estimate of drug-likeness (QED) is 0.0222. The molecule has 0 bridgehead atoms. The Bertz CT molecular complexity index is 2120. The summed E-state index contributed by atoms with van der Waals surface area (Å²) in [4.78, 5) is 73.5. The highest BCUT2D eigenvalue weighted by Crippen LogP contribution is 2.45. The molecule has 0 aromatic carbocycles. The van der Waals surface area contributed by atoms with Crippen molar-refractivity contribution in [1.29, 1.82) is 0 Å². The highest BCUT2D eigenvalue weighted by molar-refractivity contribution is 7.47. The minimum absolute atomic E-state index is 0.107. The lowest BCUT2D eigenvalue weighted by Gasteiger charge is -2.21. The minimum atomic E-state index is -4.97. The van der Waals surface area contributed by atoms with Gasteiger partial charge in [0.05, 0.1) is 26.4 Å². The van der Waals surface area contributed by atoms with E-state index < -0.39 is 97.5 Å². The number of hydrogen-bond donors (Lipinski definition) is 3. The van der Waals surface area contributed by atoms with E-state index in [1.807, 2.05) is 0 Å². The first-order valence-electron chi connectivity index (χ1n) is 47.5. The van der Waals surface area contributed by atoms with Gasteiger partial charge in [0.1, 0.15) is 19.3 Å². The summed E-state index contributed by atoms with van der Waals surface area (Å²) in [6.07, 6.45) is 77.9. The van der Waals surface area contributed by atoms with Gasteiger partial charge in [0.25, 0.3) is 0 Å². The smallest absolute Gasteiger partial charge is 0.462 e. The van der Waals surface area contributed by atoms with Gasteiger partial charge in [-0.3, -0.25) is 37.3 Å². The molecule has 0 spiro atoms. The Balaban J connectivity index is 5.24. The third kappa shape index (κ3) is 84.3. The zero-order valence-corrected chi connectivity index (χ0v) is 75.1. The molecule has 17 nitrogen and oxygen atoms in total. The summed E-state index contributed by atoms with van der Waals surface area (Å²) in [5, 5.41) is 10.7. The largest absolute Gasteiger partial charge is 0.472 e. The maximum atomic E-state index is 13.2. The van der Waals surface area contributed by atoms with Crippen LogP contribution in [-0.2, 0) is 65.4 Å². The van der Waals surface area contributed by atoms with Gasteiger partial charge >= 0.3 is 39.5 Å². The van der Waals surface area contributed by atoms with Crippen molar-refractivity contribution in [2.24, 2.45) is 11.8 Å². The van der Waals surface area contributed by atoms with Crippen molar-refractivity contribution in [2.45, 2.75) is 516 Å². The lowest BCUT2D eigenvalue weighted by molar-refractivity contribution is -0.161. The van der Waals surface area contributed by atoms with Crippen LogP contribution in [0.4, 0.5) is 0 Å². The number of aliphatic hydroxyl groups is 1. The summed E-state index contributed by atoms with van der Waals surface area (Å²) in [5.74, 6) is -0.524. The number of phosphoric acid groups is 2. The van der Waals surface area contributed by atoms with E-state index in [-0.39, 0.29) is 25.7 Å². The number of unbranched alkanes of at least 4 members (excludes halogenated alkanes) is 60. The van der Waals surface area contributed by atoms with Gasteiger partial charge in [-0.25, -0.2) is 9.13 Å². The highest BCUT2D eigenvalue weighted by Gasteiger charge is 2.31. The van der Waals surface area contributed by atoms with E-state index in [0.717, 1.165) is 102 Å². The molecule has 6 atom stereocenters. The van der Waals surface area contributed by atoms with Crippen molar-refractivity contribution in [3.05, 3.63) is 0 Å². The van der Waals surface area contributed by atoms with E-state index in [1.54, 1.807) is 0 Å². The summed E-state index contributed by atoms with van der Waals surface area (Å²) >= 11 is 0. The van der Waals surface area contributed by atoms with Gasteiger partial charge in [0.15, 0.2) is 12.2 Å². The van der Waals surface area contributed by atoms with Crippen LogP contribution in [0.1, 0.15) is 497 Å². The Morgan fingerprint density at radius 1 is 0.261 bits per heavy atom. The number of phosphoric ester groups is 2. The van der Waals surface area contributed by atoms with Crippen LogP contribution in [0, 0.1) is 11.8 Å². The van der Waals surface area contributed by atoms with Gasteiger partial charge in [-0.05, 0) is 37.5 Å². The Hall–Kier alpha value is -1.94. The number of aliphatic hydroxyl groups excluding tert-OH is 1. The Labute approximate surface area is 683 Å². The van der Waals surface area contributed by atoms with Crippen LogP contribution >= 0.6 is 15.6 Å². The van der Waals surface area contributed by atoms with E-state index >= 15 is 0 Å². The number of hydrogen-bond acceptors (Lipinski definition) is 15. The molecule has 0 aliphatic rings. The molecule has 0 saturated carbocycles. The molecule has 0 rings (SSSR count).